The lowest BCUT2D eigenvalue weighted by atomic mass is 10.1. The number of hydrogen-bond acceptors (Lipinski definition) is 5. The highest BCUT2D eigenvalue weighted by Crippen LogP contribution is 2.32. The molecular weight excluding hydrogens is 268 g/mol. The third kappa shape index (κ3) is 3.07. The van der Waals surface area contributed by atoms with E-state index in [0.29, 0.717) is 31.1 Å². The molecule has 0 fully saturated rings. The van der Waals surface area contributed by atoms with Crippen LogP contribution in [0.2, 0.25) is 0 Å². The van der Waals surface area contributed by atoms with Gasteiger partial charge in [0.15, 0.2) is 0 Å². The van der Waals surface area contributed by atoms with Crippen LogP contribution in [0.25, 0.3) is 10.9 Å². The predicted molar refractivity (Wildman–Crippen MR) is 83.0 cm³/mol. The van der Waals surface area contributed by atoms with Crippen molar-refractivity contribution in [2.45, 2.75) is 20.8 Å². The molecule has 112 valence electrons. The number of rotatable bonds is 6. The maximum absolute atomic E-state index is 12.1. The minimum absolute atomic E-state index is 0.335. The first-order chi connectivity index (χ1) is 10.2. The Bertz CT molecular complexity index is 641. The molecule has 0 radical (unpaired) electrons. The highest BCUT2D eigenvalue weighted by Gasteiger charge is 2.17. The summed E-state index contributed by atoms with van der Waals surface area (Å²) in [6.45, 7) is 7.29. The number of pyridine rings is 1. The maximum Gasteiger partial charge on any atom is 0.341 e. The Morgan fingerprint density at radius 3 is 2.71 bits per heavy atom. The van der Waals surface area contributed by atoms with Crippen LogP contribution in [0.3, 0.4) is 0 Å². The Labute approximate surface area is 124 Å². The van der Waals surface area contributed by atoms with E-state index in [-0.39, 0.29) is 5.97 Å². The number of benzene rings is 1. The molecule has 0 aliphatic rings. The van der Waals surface area contributed by atoms with Gasteiger partial charge in [0.25, 0.3) is 0 Å². The molecule has 5 heteroatoms. The van der Waals surface area contributed by atoms with Crippen LogP contribution >= 0.6 is 0 Å². The molecule has 0 bridgehead atoms. The zero-order chi connectivity index (χ0) is 15.2. The fraction of sp³-hybridized carbons (Fsp3) is 0.375. The number of hydrogen-bond donors (Lipinski definition) is 1. The topological polar surface area (TPSA) is 60.5 Å². The molecule has 0 aliphatic heterocycles. The largest absolute Gasteiger partial charge is 0.492 e. The third-order valence-electron chi connectivity index (χ3n) is 3.01. The zero-order valence-corrected chi connectivity index (χ0v) is 12.6. The maximum atomic E-state index is 12.1. The van der Waals surface area contributed by atoms with E-state index < -0.39 is 0 Å². The Morgan fingerprint density at radius 1 is 1.24 bits per heavy atom. The quantitative estimate of drug-likeness (QED) is 0.827. The molecule has 0 amide bonds. The Balaban J connectivity index is 2.62. The second-order valence-electron chi connectivity index (χ2n) is 4.38. The SMILES string of the molecule is CCNc1c(C(=O)OCC)cnc2c(OCC)cccc12. The van der Waals surface area contributed by atoms with E-state index in [9.17, 15) is 4.79 Å². The van der Waals surface area contributed by atoms with Crippen LogP contribution < -0.4 is 10.1 Å². The van der Waals surface area contributed by atoms with Gasteiger partial charge in [-0.05, 0) is 26.8 Å². The molecule has 0 aliphatic carbocycles. The normalized spacial score (nSPS) is 10.4. The van der Waals surface area contributed by atoms with Gasteiger partial charge in [0.05, 0.1) is 18.9 Å². The van der Waals surface area contributed by atoms with Gasteiger partial charge in [0.2, 0.25) is 0 Å². The Kier molecular flexibility index (Phi) is 4.98. The molecule has 0 saturated carbocycles. The molecule has 5 nitrogen and oxygen atoms in total. The van der Waals surface area contributed by atoms with Gasteiger partial charge in [-0.3, -0.25) is 4.98 Å². The molecule has 0 unspecified atom stereocenters. The van der Waals surface area contributed by atoms with Crippen LogP contribution in [0.5, 0.6) is 5.75 Å². The summed E-state index contributed by atoms with van der Waals surface area (Å²) in [6, 6.07) is 5.69. The number of anilines is 1. The minimum Gasteiger partial charge on any atom is -0.492 e. The van der Waals surface area contributed by atoms with Gasteiger partial charge >= 0.3 is 5.97 Å². The van der Waals surface area contributed by atoms with Gasteiger partial charge in [-0.15, -0.1) is 0 Å². The van der Waals surface area contributed by atoms with Crippen molar-refractivity contribution in [2.75, 3.05) is 25.1 Å². The summed E-state index contributed by atoms with van der Waals surface area (Å²) in [7, 11) is 0. The number of ether oxygens (including phenoxy) is 2. The number of esters is 1. The van der Waals surface area contributed by atoms with Crippen LogP contribution in [0.15, 0.2) is 24.4 Å². The lowest BCUT2D eigenvalue weighted by Crippen LogP contribution is -2.11. The number of fused-ring (bicyclic) bond motifs is 1. The molecule has 2 aromatic rings. The standard InChI is InChI=1S/C16H20N2O3/c1-4-17-14-11-8-7-9-13(20-5-2)15(11)18-10-12(14)16(19)21-6-3/h7-10H,4-6H2,1-3H3,(H,17,18). The highest BCUT2D eigenvalue weighted by molar-refractivity contribution is 6.06. The monoisotopic (exact) mass is 288 g/mol. The molecule has 0 atom stereocenters. The van der Waals surface area contributed by atoms with E-state index in [0.717, 1.165) is 16.6 Å². The summed E-state index contributed by atoms with van der Waals surface area (Å²) >= 11 is 0. The molecule has 1 aromatic heterocycles. The van der Waals surface area contributed by atoms with Crippen LogP contribution in [0, 0.1) is 0 Å². The summed E-state index contributed by atoms with van der Waals surface area (Å²) in [5, 5.41) is 4.09. The third-order valence-corrected chi connectivity index (χ3v) is 3.01. The van der Waals surface area contributed by atoms with Crippen molar-refractivity contribution in [1.29, 1.82) is 0 Å². The van der Waals surface area contributed by atoms with E-state index in [1.807, 2.05) is 32.0 Å². The van der Waals surface area contributed by atoms with Crippen LogP contribution in [-0.2, 0) is 4.74 Å². The van der Waals surface area contributed by atoms with Crippen LogP contribution in [-0.4, -0.2) is 30.7 Å². The second-order valence-corrected chi connectivity index (χ2v) is 4.38. The van der Waals surface area contributed by atoms with E-state index in [2.05, 4.69) is 10.3 Å². The number of aromatic nitrogens is 1. The molecular formula is C16H20N2O3. The number of nitrogens with zero attached hydrogens (tertiary/aromatic N) is 1. The van der Waals surface area contributed by atoms with Gasteiger partial charge in [-0.1, -0.05) is 12.1 Å². The van der Waals surface area contributed by atoms with Gasteiger partial charge < -0.3 is 14.8 Å². The molecule has 21 heavy (non-hydrogen) atoms. The summed E-state index contributed by atoms with van der Waals surface area (Å²) in [5.41, 5.74) is 1.92. The summed E-state index contributed by atoms with van der Waals surface area (Å²) in [5.74, 6) is 0.342. The average molecular weight is 288 g/mol. The molecule has 1 aromatic carbocycles. The van der Waals surface area contributed by atoms with Crippen molar-refractivity contribution in [1.82, 2.24) is 4.98 Å². The van der Waals surface area contributed by atoms with Crippen LogP contribution in [0.1, 0.15) is 31.1 Å². The van der Waals surface area contributed by atoms with E-state index in [1.54, 1.807) is 13.1 Å². The van der Waals surface area contributed by atoms with E-state index in [4.69, 9.17) is 9.47 Å². The summed E-state index contributed by atoms with van der Waals surface area (Å²) in [6.07, 6.45) is 1.54. The number of para-hydroxylation sites is 1. The van der Waals surface area contributed by atoms with E-state index >= 15 is 0 Å². The highest BCUT2D eigenvalue weighted by atomic mass is 16.5. The number of carbonyl (C=O) groups is 1. The lowest BCUT2D eigenvalue weighted by molar-refractivity contribution is 0.0527. The average Bonchev–Trinajstić information content (AvgIpc) is 2.49. The van der Waals surface area contributed by atoms with Crippen molar-refractivity contribution >= 4 is 22.6 Å². The molecule has 1 N–H and O–H groups in total. The molecule has 1 heterocycles. The second kappa shape index (κ2) is 6.92. The first kappa shape index (κ1) is 15.1. The zero-order valence-electron chi connectivity index (χ0n) is 12.6. The number of nitrogens with one attached hydrogen (secondary N) is 1. The molecule has 2 rings (SSSR count). The van der Waals surface area contributed by atoms with Crippen molar-refractivity contribution in [3.05, 3.63) is 30.0 Å². The van der Waals surface area contributed by atoms with Gasteiger partial charge in [-0.2, -0.15) is 0 Å². The Hall–Kier alpha value is -2.30. The first-order valence-electron chi connectivity index (χ1n) is 7.18. The first-order valence-corrected chi connectivity index (χ1v) is 7.18. The Morgan fingerprint density at radius 2 is 2.05 bits per heavy atom. The summed E-state index contributed by atoms with van der Waals surface area (Å²) in [4.78, 5) is 16.4. The summed E-state index contributed by atoms with van der Waals surface area (Å²) < 4.78 is 10.7. The van der Waals surface area contributed by atoms with Crippen molar-refractivity contribution in [2.24, 2.45) is 0 Å². The van der Waals surface area contributed by atoms with Gasteiger partial charge in [-0.25, -0.2) is 4.79 Å². The molecule has 0 spiro atoms. The van der Waals surface area contributed by atoms with Crippen molar-refractivity contribution < 1.29 is 14.3 Å². The van der Waals surface area contributed by atoms with E-state index in [1.165, 1.54) is 0 Å². The number of carbonyl (C=O) groups excluding carboxylic acids is 1. The minimum atomic E-state index is -0.371. The lowest BCUT2D eigenvalue weighted by Gasteiger charge is -2.14. The fourth-order valence-electron chi connectivity index (χ4n) is 2.20. The van der Waals surface area contributed by atoms with Crippen LogP contribution in [0.4, 0.5) is 5.69 Å². The van der Waals surface area contributed by atoms with Gasteiger partial charge in [0, 0.05) is 18.1 Å². The fourth-order valence-corrected chi connectivity index (χ4v) is 2.20. The van der Waals surface area contributed by atoms with Gasteiger partial charge in [0.1, 0.15) is 16.8 Å². The molecule has 0 saturated heterocycles. The predicted octanol–water partition coefficient (Wildman–Crippen LogP) is 3.24. The van der Waals surface area contributed by atoms with Crippen molar-refractivity contribution in [3.8, 4) is 5.75 Å². The smallest absolute Gasteiger partial charge is 0.341 e. The van der Waals surface area contributed by atoms with Crippen molar-refractivity contribution in [3.63, 3.8) is 0 Å².